The topological polar surface area (TPSA) is 35.5 Å². The van der Waals surface area contributed by atoms with Crippen LogP contribution in [0.2, 0.25) is 5.02 Å². The summed E-state index contributed by atoms with van der Waals surface area (Å²) in [5, 5.41) is 0.568. The number of hydrogen-bond donors (Lipinski definition) is 0. The maximum Gasteiger partial charge on any atom is 0.351 e. The monoisotopic (exact) mass is 346 g/mol. The van der Waals surface area contributed by atoms with E-state index in [1.807, 2.05) is 20.8 Å². The zero-order valence-corrected chi connectivity index (χ0v) is 13.5. The third-order valence-corrected chi connectivity index (χ3v) is 3.56. The zero-order chi connectivity index (χ0) is 14.3. The Morgan fingerprint density at radius 2 is 2.00 bits per heavy atom. The van der Waals surface area contributed by atoms with E-state index in [0.717, 1.165) is 4.47 Å². The van der Waals surface area contributed by atoms with Crippen LogP contribution in [-0.4, -0.2) is 17.2 Å². The molecule has 1 aromatic carbocycles. The first-order valence-corrected chi connectivity index (χ1v) is 7.26. The number of benzene rings is 1. The lowest BCUT2D eigenvalue weighted by Gasteiger charge is -2.24. The summed E-state index contributed by atoms with van der Waals surface area (Å²) in [6.07, 6.45) is 1.34. The number of halogens is 2. The van der Waals surface area contributed by atoms with Crippen molar-refractivity contribution in [3.63, 3.8) is 0 Å². The van der Waals surface area contributed by atoms with Gasteiger partial charge in [-0.05, 0) is 54.9 Å². The number of carbonyl (C=O) groups is 1. The second kappa shape index (κ2) is 4.98. The second-order valence-electron chi connectivity index (χ2n) is 5.67. The smallest absolute Gasteiger partial charge is 0.351 e. The van der Waals surface area contributed by atoms with Crippen molar-refractivity contribution in [3.05, 3.63) is 27.7 Å². The Kier molecular flexibility index (Phi) is 3.85. The Morgan fingerprint density at radius 3 is 2.53 bits per heavy atom. The van der Waals surface area contributed by atoms with Crippen LogP contribution in [0.25, 0.3) is 0 Å². The SMILES string of the molecule is CC(C)(C)OC(=O)C1(Oc2cc(Cl)ccc2Br)CC1. The Morgan fingerprint density at radius 1 is 1.37 bits per heavy atom. The van der Waals surface area contributed by atoms with Gasteiger partial charge >= 0.3 is 5.97 Å². The van der Waals surface area contributed by atoms with Crippen LogP contribution in [0.4, 0.5) is 0 Å². The molecule has 1 saturated carbocycles. The molecule has 19 heavy (non-hydrogen) atoms. The van der Waals surface area contributed by atoms with Gasteiger partial charge in [-0.1, -0.05) is 11.6 Å². The number of hydrogen-bond acceptors (Lipinski definition) is 3. The highest BCUT2D eigenvalue weighted by Crippen LogP contribution is 2.44. The van der Waals surface area contributed by atoms with Crippen molar-refractivity contribution in [2.24, 2.45) is 0 Å². The highest BCUT2D eigenvalue weighted by atomic mass is 79.9. The lowest BCUT2D eigenvalue weighted by molar-refractivity contribution is -0.165. The predicted octanol–water partition coefficient (Wildman–Crippen LogP) is 4.36. The van der Waals surface area contributed by atoms with E-state index in [0.29, 0.717) is 23.6 Å². The van der Waals surface area contributed by atoms with E-state index < -0.39 is 11.2 Å². The molecule has 0 unspecified atom stereocenters. The van der Waals surface area contributed by atoms with Crippen molar-refractivity contribution in [1.29, 1.82) is 0 Å². The molecule has 1 fully saturated rings. The van der Waals surface area contributed by atoms with Gasteiger partial charge in [-0.15, -0.1) is 0 Å². The van der Waals surface area contributed by atoms with Crippen LogP contribution in [0.5, 0.6) is 5.75 Å². The van der Waals surface area contributed by atoms with E-state index in [4.69, 9.17) is 21.1 Å². The van der Waals surface area contributed by atoms with Gasteiger partial charge in [0.1, 0.15) is 11.4 Å². The van der Waals surface area contributed by atoms with Gasteiger partial charge in [-0.25, -0.2) is 4.79 Å². The minimum atomic E-state index is -0.847. The van der Waals surface area contributed by atoms with Crippen molar-refractivity contribution in [2.75, 3.05) is 0 Å². The maximum absolute atomic E-state index is 12.1. The van der Waals surface area contributed by atoms with Gasteiger partial charge < -0.3 is 9.47 Å². The molecule has 2 rings (SSSR count). The fraction of sp³-hybridized carbons (Fsp3) is 0.500. The van der Waals surface area contributed by atoms with E-state index in [1.54, 1.807) is 18.2 Å². The van der Waals surface area contributed by atoms with Crippen molar-refractivity contribution >= 4 is 33.5 Å². The Bertz CT molecular complexity index is 504. The molecule has 0 N–H and O–H groups in total. The number of esters is 1. The van der Waals surface area contributed by atoms with Gasteiger partial charge in [-0.3, -0.25) is 0 Å². The molecule has 1 aliphatic rings. The van der Waals surface area contributed by atoms with Crippen LogP contribution in [0.3, 0.4) is 0 Å². The lowest BCUT2D eigenvalue weighted by Crippen LogP contribution is -2.37. The van der Waals surface area contributed by atoms with E-state index in [-0.39, 0.29) is 5.97 Å². The first kappa shape index (κ1) is 14.7. The van der Waals surface area contributed by atoms with Crippen molar-refractivity contribution < 1.29 is 14.3 Å². The summed E-state index contributed by atoms with van der Waals surface area (Å²) >= 11 is 9.32. The second-order valence-corrected chi connectivity index (χ2v) is 6.96. The molecule has 0 heterocycles. The molecule has 104 valence electrons. The summed E-state index contributed by atoms with van der Waals surface area (Å²) < 4.78 is 12.0. The normalized spacial score (nSPS) is 16.9. The van der Waals surface area contributed by atoms with Gasteiger partial charge in [0.15, 0.2) is 0 Å². The first-order chi connectivity index (χ1) is 8.72. The first-order valence-electron chi connectivity index (χ1n) is 6.09. The third kappa shape index (κ3) is 3.63. The summed E-state index contributed by atoms with van der Waals surface area (Å²) in [7, 11) is 0. The molecule has 0 aromatic heterocycles. The number of rotatable bonds is 3. The molecule has 0 radical (unpaired) electrons. The van der Waals surface area contributed by atoms with Gasteiger partial charge in [0, 0.05) is 17.9 Å². The van der Waals surface area contributed by atoms with Crippen LogP contribution in [0, 0.1) is 0 Å². The molecule has 1 aliphatic carbocycles. The Hall–Kier alpha value is -0.740. The quantitative estimate of drug-likeness (QED) is 0.762. The molecule has 0 spiro atoms. The fourth-order valence-corrected chi connectivity index (χ4v) is 2.09. The summed E-state index contributed by atoms with van der Waals surface area (Å²) in [6.45, 7) is 5.53. The lowest BCUT2D eigenvalue weighted by atomic mass is 10.2. The van der Waals surface area contributed by atoms with Crippen molar-refractivity contribution in [1.82, 2.24) is 0 Å². The van der Waals surface area contributed by atoms with Gasteiger partial charge in [0.25, 0.3) is 0 Å². The minimum absolute atomic E-state index is 0.313. The van der Waals surface area contributed by atoms with Crippen LogP contribution in [0.15, 0.2) is 22.7 Å². The molecule has 0 bridgehead atoms. The standard InChI is InChI=1S/C14H16BrClO3/c1-13(2,3)19-12(17)14(6-7-14)18-11-8-9(16)4-5-10(11)15/h4-5,8H,6-7H2,1-3H3. The van der Waals surface area contributed by atoms with E-state index in [9.17, 15) is 4.79 Å². The summed E-state index contributed by atoms with van der Waals surface area (Å²) in [5.41, 5.74) is -1.36. The van der Waals surface area contributed by atoms with Crippen molar-refractivity contribution in [3.8, 4) is 5.75 Å². The van der Waals surface area contributed by atoms with E-state index >= 15 is 0 Å². The number of carbonyl (C=O) groups excluding carboxylic acids is 1. The largest absolute Gasteiger partial charge is 0.474 e. The van der Waals surface area contributed by atoms with Gasteiger partial charge in [-0.2, -0.15) is 0 Å². The van der Waals surface area contributed by atoms with Gasteiger partial charge in [0.2, 0.25) is 5.60 Å². The van der Waals surface area contributed by atoms with E-state index in [1.165, 1.54) is 0 Å². The molecular weight excluding hydrogens is 332 g/mol. The molecule has 5 heteroatoms. The summed E-state index contributed by atoms with van der Waals surface area (Å²) in [5.74, 6) is 0.253. The van der Waals surface area contributed by atoms with Crippen LogP contribution in [0.1, 0.15) is 33.6 Å². The van der Waals surface area contributed by atoms with Crippen LogP contribution >= 0.6 is 27.5 Å². The highest BCUT2D eigenvalue weighted by Gasteiger charge is 2.55. The molecule has 1 aromatic rings. The maximum atomic E-state index is 12.1. The molecule has 0 aliphatic heterocycles. The van der Waals surface area contributed by atoms with Gasteiger partial charge in [0.05, 0.1) is 4.47 Å². The average Bonchev–Trinajstić information content (AvgIpc) is 3.02. The molecular formula is C14H16BrClO3. The van der Waals surface area contributed by atoms with Crippen molar-refractivity contribution in [2.45, 2.75) is 44.8 Å². The molecule has 0 saturated heterocycles. The summed E-state index contributed by atoms with van der Waals surface area (Å²) in [6, 6.07) is 5.24. The highest BCUT2D eigenvalue weighted by molar-refractivity contribution is 9.10. The van der Waals surface area contributed by atoms with Crippen LogP contribution < -0.4 is 4.74 Å². The summed E-state index contributed by atoms with van der Waals surface area (Å²) in [4.78, 5) is 12.1. The van der Waals surface area contributed by atoms with E-state index in [2.05, 4.69) is 15.9 Å². The molecule has 0 atom stereocenters. The third-order valence-electron chi connectivity index (χ3n) is 2.67. The Labute approximate surface area is 126 Å². The predicted molar refractivity (Wildman–Crippen MR) is 77.6 cm³/mol. The minimum Gasteiger partial charge on any atom is -0.474 e. The number of ether oxygens (including phenoxy) is 2. The average molecular weight is 348 g/mol. The molecule has 0 amide bonds. The van der Waals surface area contributed by atoms with Crippen LogP contribution in [-0.2, 0) is 9.53 Å². The fourth-order valence-electron chi connectivity index (χ4n) is 1.60. The Balaban J connectivity index is 2.14. The zero-order valence-electron chi connectivity index (χ0n) is 11.1. The molecule has 3 nitrogen and oxygen atoms in total.